The lowest BCUT2D eigenvalue weighted by atomic mass is 10.00. The number of guanidine groups is 1. The average Bonchev–Trinajstić information content (AvgIpc) is 2.52. The first kappa shape index (κ1) is 19.0. The van der Waals surface area contributed by atoms with Crippen molar-refractivity contribution in [1.82, 2.24) is 15.2 Å². The minimum atomic E-state index is 0. The fourth-order valence-corrected chi connectivity index (χ4v) is 2.39. The second-order valence-corrected chi connectivity index (χ2v) is 5.44. The van der Waals surface area contributed by atoms with Gasteiger partial charge in [-0.05, 0) is 37.8 Å². The molecule has 1 aromatic heterocycles. The van der Waals surface area contributed by atoms with Gasteiger partial charge in [-0.2, -0.15) is 0 Å². The zero-order valence-corrected chi connectivity index (χ0v) is 15.8. The van der Waals surface area contributed by atoms with Crippen LogP contribution in [0, 0.1) is 5.92 Å². The zero-order chi connectivity index (χ0) is 14.9. The molecule has 2 rings (SSSR count). The van der Waals surface area contributed by atoms with Gasteiger partial charge in [0.2, 0.25) is 0 Å². The highest BCUT2D eigenvalue weighted by Crippen LogP contribution is 2.15. The molecule has 1 aromatic rings. The summed E-state index contributed by atoms with van der Waals surface area (Å²) in [7, 11) is 0. The third kappa shape index (κ3) is 6.37. The van der Waals surface area contributed by atoms with E-state index in [2.05, 4.69) is 34.0 Å². The Hall–Kier alpha value is -1.05. The molecule has 1 saturated heterocycles. The molecular formula is C16H27IN4O. The Labute approximate surface area is 150 Å². The van der Waals surface area contributed by atoms with Crippen molar-refractivity contribution < 1.29 is 4.74 Å². The Morgan fingerprint density at radius 1 is 1.45 bits per heavy atom. The van der Waals surface area contributed by atoms with E-state index in [0.29, 0.717) is 13.2 Å². The molecule has 1 fully saturated rings. The van der Waals surface area contributed by atoms with E-state index in [1.165, 1.54) is 12.8 Å². The number of pyridine rings is 1. The number of nitrogens with one attached hydrogen (secondary N) is 1. The van der Waals surface area contributed by atoms with Crippen LogP contribution in [0.25, 0.3) is 0 Å². The number of likely N-dealkylation sites (tertiary alicyclic amines) is 1. The summed E-state index contributed by atoms with van der Waals surface area (Å²) in [5, 5.41) is 3.37. The largest absolute Gasteiger partial charge is 0.490 e. The minimum Gasteiger partial charge on any atom is -0.490 e. The van der Waals surface area contributed by atoms with Gasteiger partial charge in [-0.1, -0.05) is 6.92 Å². The summed E-state index contributed by atoms with van der Waals surface area (Å²) >= 11 is 0. The molecule has 0 unspecified atom stereocenters. The van der Waals surface area contributed by atoms with Gasteiger partial charge in [-0.3, -0.25) is 4.98 Å². The van der Waals surface area contributed by atoms with Crippen LogP contribution in [0.4, 0.5) is 0 Å². The van der Waals surface area contributed by atoms with Crippen LogP contribution in [0.5, 0.6) is 5.75 Å². The molecule has 22 heavy (non-hydrogen) atoms. The summed E-state index contributed by atoms with van der Waals surface area (Å²) in [6, 6.07) is 3.78. The van der Waals surface area contributed by atoms with Crippen LogP contribution in [0.3, 0.4) is 0 Å². The molecule has 1 N–H and O–H groups in total. The summed E-state index contributed by atoms with van der Waals surface area (Å²) in [6.07, 6.45) is 5.96. The maximum atomic E-state index is 5.62. The van der Waals surface area contributed by atoms with Crippen molar-refractivity contribution in [2.24, 2.45) is 10.9 Å². The van der Waals surface area contributed by atoms with Gasteiger partial charge >= 0.3 is 0 Å². The van der Waals surface area contributed by atoms with E-state index in [4.69, 9.17) is 4.74 Å². The van der Waals surface area contributed by atoms with Gasteiger partial charge in [-0.25, -0.2) is 4.99 Å². The van der Waals surface area contributed by atoms with Crippen LogP contribution in [0.1, 0.15) is 26.7 Å². The summed E-state index contributed by atoms with van der Waals surface area (Å²) in [5.41, 5.74) is 0. The van der Waals surface area contributed by atoms with Crippen LogP contribution in [-0.2, 0) is 0 Å². The van der Waals surface area contributed by atoms with Gasteiger partial charge in [0.15, 0.2) is 5.96 Å². The monoisotopic (exact) mass is 418 g/mol. The topological polar surface area (TPSA) is 49.8 Å². The highest BCUT2D eigenvalue weighted by Gasteiger charge is 2.18. The normalized spacial score (nSPS) is 16.1. The maximum Gasteiger partial charge on any atom is 0.194 e. The van der Waals surface area contributed by atoms with Crippen molar-refractivity contribution in [3.8, 4) is 5.75 Å². The lowest BCUT2D eigenvalue weighted by Gasteiger charge is -2.33. The molecule has 0 atom stereocenters. The minimum absolute atomic E-state index is 0. The van der Waals surface area contributed by atoms with Gasteiger partial charge in [0, 0.05) is 25.8 Å². The SMILES string of the molecule is CCNC(=NCCOc1cccnc1)N1CCC(C)CC1.I. The average molecular weight is 418 g/mol. The third-order valence-electron chi connectivity index (χ3n) is 3.67. The number of hydrogen-bond acceptors (Lipinski definition) is 3. The molecule has 5 nitrogen and oxygen atoms in total. The Balaban J connectivity index is 0.00000242. The number of piperidine rings is 1. The smallest absolute Gasteiger partial charge is 0.194 e. The summed E-state index contributed by atoms with van der Waals surface area (Å²) in [6.45, 7) is 8.74. The van der Waals surface area contributed by atoms with Crippen molar-refractivity contribution in [2.75, 3.05) is 32.8 Å². The number of aliphatic imine (C=N–C) groups is 1. The second kappa shape index (κ2) is 10.6. The third-order valence-corrected chi connectivity index (χ3v) is 3.67. The lowest BCUT2D eigenvalue weighted by Crippen LogP contribution is -2.45. The summed E-state index contributed by atoms with van der Waals surface area (Å²) in [5.74, 6) is 2.64. The molecule has 124 valence electrons. The molecule has 1 aliphatic rings. The molecule has 0 radical (unpaired) electrons. The van der Waals surface area contributed by atoms with E-state index in [-0.39, 0.29) is 24.0 Å². The van der Waals surface area contributed by atoms with Gasteiger partial charge in [0.1, 0.15) is 12.4 Å². The molecular weight excluding hydrogens is 391 g/mol. The summed E-state index contributed by atoms with van der Waals surface area (Å²) in [4.78, 5) is 11.0. The lowest BCUT2D eigenvalue weighted by molar-refractivity contribution is 0.272. The van der Waals surface area contributed by atoms with Crippen LogP contribution < -0.4 is 10.1 Å². The van der Waals surface area contributed by atoms with Crippen molar-refractivity contribution >= 4 is 29.9 Å². The second-order valence-electron chi connectivity index (χ2n) is 5.44. The van der Waals surface area contributed by atoms with Crippen molar-refractivity contribution in [3.05, 3.63) is 24.5 Å². The number of halogens is 1. The van der Waals surface area contributed by atoms with Crippen molar-refractivity contribution in [2.45, 2.75) is 26.7 Å². The highest BCUT2D eigenvalue weighted by molar-refractivity contribution is 14.0. The highest BCUT2D eigenvalue weighted by atomic mass is 127. The van der Waals surface area contributed by atoms with Crippen LogP contribution in [0.15, 0.2) is 29.5 Å². The predicted molar refractivity (Wildman–Crippen MR) is 101 cm³/mol. The van der Waals surface area contributed by atoms with E-state index in [1.54, 1.807) is 12.4 Å². The van der Waals surface area contributed by atoms with Crippen LogP contribution in [0.2, 0.25) is 0 Å². The molecule has 6 heteroatoms. The fraction of sp³-hybridized carbons (Fsp3) is 0.625. The van der Waals surface area contributed by atoms with Crippen molar-refractivity contribution in [3.63, 3.8) is 0 Å². The Morgan fingerprint density at radius 3 is 2.86 bits per heavy atom. The first-order valence-electron chi connectivity index (χ1n) is 7.85. The van der Waals surface area contributed by atoms with E-state index in [9.17, 15) is 0 Å². The molecule has 0 amide bonds. The molecule has 0 aromatic carbocycles. The zero-order valence-electron chi connectivity index (χ0n) is 13.5. The Kier molecular flexibility index (Phi) is 9.19. The molecule has 2 heterocycles. The Morgan fingerprint density at radius 2 is 2.23 bits per heavy atom. The molecule has 0 aliphatic carbocycles. The number of aromatic nitrogens is 1. The summed E-state index contributed by atoms with van der Waals surface area (Å²) < 4.78 is 5.62. The standard InChI is InChI=1S/C16H26N4O.HI/c1-3-18-16(20-10-6-14(2)7-11-20)19-9-12-21-15-5-4-8-17-13-15;/h4-5,8,13-14H,3,6-7,9-12H2,1-2H3,(H,18,19);1H. The maximum absolute atomic E-state index is 5.62. The number of ether oxygens (including phenoxy) is 1. The molecule has 0 saturated carbocycles. The van der Waals surface area contributed by atoms with E-state index < -0.39 is 0 Å². The number of rotatable bonds is 5. The first-order chi connectivity index (χ1) is 10.3. The van der Waals surface area contributed by atoms with Crippen molar-refractivity contribution in [1.29, 1.82) is 0 Å². The van der Waals surface area contributed by atoms with Gasteiger partial charge in [0.25, 0.3) is 0 Å². The molecule has 1 aliphatic heterocycles. The van der Waals surface area contributed by atoms with E-state index >= 15 is 0 Å². The molecule has 0 spiro atoms. The first-order valence-corrected chi connectivity index (χ1v) is 7.85. The van der Waals surface area contributed by atoms with E-state index in [1.807, 2.05) is 12.1 Å². The van der Waals surface area contributed by atoms with E-state index in [0.717, 1.165) is 37.3 Å². The van der Waals surface area contributed by atoms with Crippen LogP contribution >= 0.6 is 24.0 Å². The number of nitrogens with zero attached hydrogens (tertiary/aromatic N) is 3. The predicted octanol–water partition coefficient (Wildman–Crippen LogP) is 2.78. The fourth-order valence-electron chi connectivity index (χ4n) is 2.39. The van der Waals surface area contributed by atoms with Gasteiger partial charge < -0.3 is 15.0 Å². The molecule has 0 bridgehead atoms. The van der Waals surface area contributed by atoms with Gasteiger partial charge in [0.05, 0.1) is 12.7 Å². The number of hydrogen-bond donors (Lipinski definition) is 1. The van der Waals surface area contributed by atoms with Crippen LogP contribution in [-0.4, -0.2) is 48.6 Å². The quantitative estimate of drug-likeness (QED) is 0.346. The van der Waals surface area contributed by atoms with Gasteiger partial charge in [-0.15, -0.1) is 24.0 Å². The Bertz CT molecular complexity index is 433.